The molecule has 1 aliphatic rings. The minimum absolute atomic E-state index is 0.0496. The van der Waals surface area contributed by atoms with Crippen molar-refractivity contribution in [3.05, 3.63) is 45.4 Å². The lowest BCUT2D eigenvalue weighted by Gasteiger charge is -2.41. The van der Waals surface area contributed by atoms with E-state index in [0.717, 1.165) is 0 Å². The highest BCUT2D eigenvalue weighted by atomic mass is 35.5. The van der Waals surface area contributed by atoms with Gasteiger partial charge in [0.05, 0.1) is 30.8 Å². The molecule has 1 aliphatic heterocycles. The first-order chi connectivity index (χ1) is 12.9. The Balaban J connectivity index is 1.76. The minimum atomic E-state index is -1.00. The van der Waals surface area contributed by atoms with E-state index in [2.05, 4.69) is 4.98 Å². The number of halogens is 1. The average Bonchev–Trinajstić information content (AvgIpc) is 3.06. The van der Waals surface area contributed by atoms with Crippen molar-refractivity contribution in [2.75, 3.05) is 26.3 Å². The number of primary amides is 1. The number of aryl methyl sites for hydroxylation is 1. The van der Waals surface area contributed by atoms with E-state index in [0.29, 0.717) is 34.5 Å². The quantitative estimate of drug-likeness (QED) is 0.789. The smallest absolute Gasteiger partial charge is 0.266 e. The van der Waals surface area contributed by atoms with Gasteiger partial charge in [0, 0.05) is 11.6 Å². The molecule has 0 saturated carbocycles. The Morgan fingerprint density at radius 3 is 2.78 bits per heavy atom. The monoisotopic (exact) mass is 409 g/mol. The molecule has 0 radical (unpaired) electrons. The first-order valence-corrected chi connectivity index (χ1v) is 9.64. The molecule has 2 aromatic rings. The Morgan fingerprint density at radius 2 is 2.15 bits per heavy atom. The summed E-state index contributed by atoms with van der Waals surface area (Å²) in [5.74, 6) is -0.0507. The van der Waals surface area contributed by atoms with Crippen LogP contribution >= 0.6 is 22.9 Å². The first-order valence-electron chi connectivity index (χ1n) is 8.38. The van der Waals surface area contributed by atoms with Crippen molar-refractivity contribution in [1.29, 1.82) is 0 Å². The number of nitrogens with zero attached hydrogens (tertiary/aromatic N) is 2. The number of nitrogens with two attached hydrogens (primary N) is 1. The van der Waals surface area contributed by atoms with Gasteiger partial charge in [0.15, 0.2) is 0 Å². The van der Waals surface area contributed by atoms with Crippen LogP contribution in [0.4, 0.5) is 0 Å². The summed E-state index contributed by atoms with van der Waals surface area (Å²) in [6.45, 7) is 2.81. The van der Waals surface area contributed by atoms with Gasteiger partial charge in [-0.15, -0.1) is 11.3 Å². The normalized spacial score (nSPS) is 19.7. The van der Waals surface area contributed by atoms with E-state index in [4.69, 9.17) is 26.8 Å². The second kappa shape index (κ2) is 8.24. The number of benzene rings is 1. The molecular weight excluding hydrogens is 390 g/mol. The molecular formula is C18H20ClN3O4S. The van der Waals surface area contributed by atoms with Gasteiger partial charge in [-0.1, -0.05) is 11.6 Å². The summed E-state index contributed by atoms with van der Waals surface area (Å²) in [7, 11) is 0. The Labute approximate surface area is 166 Å². The van der Waals surface area contributed by atoms with Gasteiger partial charge in [0.1, 0.15) is 22.8 Å². The number of thiazole rings is 1. The fourth-order valence-corrected chi connectivity index (χ4v) is 3.87. The summed E-state index contributed by atoms with van der Waals surface area (Å²) in [5.41, 5.74) is 6.76. The van der Waals surface area contributed by atoms with Crippen molar-refractivity contribution in [1.82, 2.24) is 9.88 Å². The number of ether oxygens (including phenoxy) is 2. The van der Waals surface area contributed by atoms with Gasteiger partial charge in [-0.25, -0.2) is 4.98 Å². The lowest BCUT2D eigenvalue weighted by atomic mass is 9.97. The molecule has 7 nitrogen and oxygen atoms in total. The topological polar surface area (TPSA) is 94.8 Å². The molecule has 2 amide bonds. The van der Waals surface area contributed by atoms with Gasteiger partial charge in [0.2, 0.25) is 5.91 Å². The molecule has 3 rings (SSSR count). The predicted molar refractivity (Wildman–Crippen MR) is 102 cm³/mol. The van der Waals surface area contributed by atoms with Gasteiger partial charge in [0.25, 0.3) is 5.91 Å². The SMILES string of the molecule is Cc1ncsc1C(=O)N1CCOC(COc2ccc(Cl)cc2)(CC(N)=O)C1. The van der Waals surface area contributed by atoms with Crippen LogP contribution < -0.4 is 10.5 Å². The van der Waals surface area contributed by atoms with Crippen molar-refractivity contribution in [2.24, 2.45) is 5.73 Å². The van der Waals surface area contributed by atoms with Crippen LogP contribution in [-0.2, 0) is 9.53 Å². The number of aromatic nitrogens is 1. The molecule has 0 aliphatic carbocycles. The number of rotatable bonds is 6. The maximum Gasteiger partial charge on any atom is 0.266 e. The first kappa shape index (κ1) is 19.6. The number of amides is 2. The van der Waals surface area contributed by atoms with E-state index >= 15 is 0 Å². The Kier molecular flexibility index (Phi) is 5.98. The Hall–Kier alpha value is -2.16. The van der Waals surface area contributed by atoms with Gasteiger partial charge in [-0.3, -0.25) is 9.59 Å². The molecule has 0 spiro atoms. The lowest BCUT2D eigenvalue weighted by molar-refractivity contribution is -0.142. The number of hydrogen-bond donors (Lipinski definition) is 1. The number of carbonyl (C=O) groups excluding carboxylic acids is 2. The zero-order valence-electron chi connectivity index (χ0n) is 14.8. The maximum atomic E-state index is 12.8. The van der Waals surface area contributed by atoms with E-state index in [1.807, 2.05) is 0 Å². The fraction of sp³-hybridized carbons (Fsp3) is 0.389. The molecule has 1 aromatic carbocycles. The molecule has 1 atom stereocenters. The zero-order chi connectivity index (χ0) is 19.4. The molecule has 1 aromatic heterocycles. The van der Waals surface area contributed by atoms with Gasteiger partial charge >= 0.3 is 0 Å². The largest absolute Gasteiger partial charge is 0.490 e. The number of morpholine rings is 1. The van der Waals surface area contributed by atoms with E-state index in [-0.39, 0.29) is 25.5 Å². The summed E-state index contributed by atoms with van der Waals surface area (Å²) in [6, 6.07) is 6.88. The highest BCUT2D eigenvalue weighted by Crippen LogP contribution is 2.27. The average molecular weight is 410 g/mol. The number of hydrogen-bond acceptors (Lipinski definition) is 6. The van der Waals surface area contributed by atoms with Crippen molar-refractivity contribution >= 4 is 34.8 Å². The van der Waals surface area contributed by atoms with Crippen LogP contribution in [-0.4, -0.2) is 53.6 Å². The van der Waals surface area contributed by atoms with Crippen LogP contribution in [0.3, 0.4) is 0 Å². The molecule has 0 bridgehead atoms. The summed E-state index contributed by atoms with van der Waals surface area (Å²) < 4.78 is 11.7. The molecule has 1 saturated heterocycles. The minimum Gasteiger partial charge on any atom is -0.490 e. The second-order valence-electron chi connectivity index (χ2n) is 6.41. The van der Waals surface area contributed by atoms with Gasteiger partial charge < -0.3 is 20.1 Å². The summed E-state index contributed by atoms with van der Waals surface area (Å²) in [5, 5.41) is 0.597. The van der Waals surface area contributed by atoms with E-state index in [9.17, 15) is 9.59 Å². The van der Waals surface area contributed by atoms with Gasteiger partial charge in [-0.2, -0.15) is 0 Å². The molecule has 2 heterocycles. The Bertz CT molecular complexity index is 826. The molecule has 2 N–H and O–H groups in total. The van der Waals surface area contributed by atoms with E-state index in [1.54, 1.807) is 41.6 Å². The standard InChI is InChI=1S/C18H20ClN3O4S/c1-12-16(27-11-21-12)17(24)22-6-7-26-18(9-22,8-15(20)23)10-25-14-4-2-13(19)3-5-14/h2-5,11H,6-10H2,1H3,(H2,20,23). The van der Waals surface area contributed by atoms with Crippen LogP contribution in [0.1, 0.15) is 21.8 Å². The summed E-state index contributed by atoms with van der Waals surface area (Å²) in [4.78, 5) is 30.9. The van der Waals surface area contributed by atoms with Crippen LogP contribution in [0.5, 0.6) is 5.75 Å². The van der Waals surface area contributed by atoms with Crippen LogP contribution in [0.15, 0.2) is 29.8 Å². The second-order valence-corrected chi connectivity index (χ2v) is 7.70. The number of carbonyl (C=O) groups is 2. The molecule has 27 heavy (non-hydrogen) atoms. The lowest BCUT2D eigenvalue weighted by Crippen LogP contribution is -2.58. The molecule has 1 fully saturated rings. The Morgan fingerprint density at radius 1 is 1.41 bits per heavy atom. The highest BCUT2D eigenvalue weighted by molar-refractivity contribution is 7.11. The third-order valence-electron chi connectivity index (χ3n) is 4.29. The molecule has 144 valence electrons. The van der Waals surface area contributed by atoms with Crippen molar-refractivity contribution in [3.8, 4) is 5.75 Å². The molecule has 1 unspecified atom stereocenters. The zero-order valence-corrected chi connectivity index (χ0v) is 16.4. The van der Waals surface area contributed by atoms with Gasteiger partial charge in [-0.05, 0) is 31.2 Å². The predicted octanol–water partition coefficient (Wildman–Crippen LogP) is 2.27. The van der Waals surface area contributed by atoms with Crippen molar-refractivity contribution in [3.63, 3.8) is 0 Å². The highest BCUT2D eigenvalue weighted by Gasteiger charge is 2.41. The van der Waals surface area contributed by atoms with Crippen molar-refractivity contribution < 1.29 is 19.1 Å². The summed E-state index contributed by atoms with van der Waals surface area (Å²) >= 11 is 7.18. The van der Waals surface area contributed by atoms with E-state index < -0.39 is 11.5 Å². The summed E-state index contributed by atoms with van der Waals surface area (Å²) in [6.07, 6.45) is -0.0496. The third-order valence-corrected chi connectivity index (χ3v) is 5.46. The van der Waals surface area contributed by atoms with Crippen LogP contribution in [0.25, 0.3) is 0 Å². The third kappa shape index (κ3) is 4.77. The molecule has 9 heteroatoms. The maximum absolute atomic E-state index is 12.8. The van der Waals surface area contributed by atoms with Crippen LogP contribution in [0.2, 0.25) is 5.02 Å². The van der Waals surface area contributed by atoms with Crippen molar-refractivity contribution in [2.45, 2.75) is 18.9 Å². The fourth-order valence-electron chi connectivity index (χ4n) is 2.98. The van der Waals surface area contributed by atoms with Crippen LogP contribution in [0, 0.1) is 6.92 Å². The van der Waals surface area contributed by atoms with E-state index in [1.165, 1.54) is 11.3 Å².